The van der Waals surface area contributed by atoms with Gasteiger partial charge in [0, 0.05) is 17.1 Å². The maximum atomic E-state index is 12.4. The van der Waals surface area contributed by atoms with Gasteiger partial charge in [0.25, 0.3) is 11.8 Å². The van der Waals surface area contributed by atoms with Gasteiger partial charge in [0.05, 0.1) is 17.4 Å². The summed E-state index contributed by atoms with van der Waals surface area (Å²) in [5.41, 5.74) is 4.56. The van der Waals surface area contributed by atoms with Crippen molar-refractivity contribution in [3.05, 3.63) is 63.7 Å². The predicted octanol–water partition coefficient (Wildman–Crippen LogP) is 2.28. The van der Waals surface area contributed by atoms with Crippen molar-refractivity contribution in [2.45, 2.75) is 19.8 Å². The molecule has 152 valence electrons. The molecule has 0 unspecified atom stereocenters. The lowest BCUT2D eigenvalue weighted by molar-refractivity contribution is -0.124. The van der Waals surface area contributed by atoms with Crippen molar-refractivity contribution >= 4 is 45.0 Å². The monoisotopic (exact) mass is 435 g/mol. The van der Waals surface area contributed by atoms with E-state index in [9.17, 15) is 22.8 Å². The lowest BCUT2D eigenvalue weighted by atomic mass is 10.1. The van der Waals surface area contributed by atoms with Gasteiger partial charge in [-0.3, -0.25) is 24.5 Å². The fraction of sp³-hybridized carbons (Fsp3) is 0.211. The van der Waals surface area contributed by atoms with E-state index in [-0.39, 0.29) is 17.5 Å². The maximum Gasteiger partial charge on any atom is 0.280 e. The van der Waals surface area contributed by atoms with Crippen molar-refractivity contribution in [3.63, 3.8) is 0 Å². The number of hydrogen-bond donors (Lipinski definition) is 2. The summed E-state index contributed by atoms with van der Waals surface area (Å²) in [4.78, 5) is 37.1. The van der Waals surface area contributed by atoms with Crippen molar-refractivity contribution in [3.8, 4) is 0 Å². The number of rotatable bonds is 6. The van der Waals surface area contributed by atoms with E-state index in [1.165, 1.54) is 12.1 Å². The van der Waals surface area contributed by atoms with E-state index in [1.807, 2.05) is 0 Å². The summed E-state index contributed by atoms with van der Waals surface area (Å²) in [5.74, 6) is -1.73. The molecule has 29 heavy (non-hydrogen) atoms. The summed E-state index contributed by atoms with van der Waals surface area (Å²) in [7, 11) is -3.36. The molecule has 0 saturated carbocycles. The molecule has 2 aromatic rings. The predicted molar refractivity (Wildman–Crippen MR) is 108 cm³/mol. The van der Waals surface area contributed by atoms with E-state index >= 15 is 0 Å². The topological polar surface area (TPSA) is 113 Å². The van der Waals surface area contributed by atoms with E-state index in [4.69, 9.17) is 11.6 Å². The average Bonchev–Trinajstić information content (AvgIpc) is 2.85. The molecule has 2 N–H and O–H groups in total. The first kappa shape index (κ1) is 20.8. The Hall–Kier alpha value is -2.91. The van der Waals surface area contributed by atoms with E-state index in [1.54, 1.807) is 31.2 Å². The first-order chi connectivity index (χ1) is 13.5. The molecule has 0 radical (unpaired) electrons. The van der Waals surface area contributed by atoms with Crippen molar-refractivity contribution in [2.75, 3.05) is 11.0 Å². The Labute approximate surface area is 172 Å². The molecule has 1 heterocycles. The summed E-state index contributed by atoms with van der Waals surface area (Å²) >= 11 is 6.02. The fourth-order valence-electron chi connectivity index (χ4n) is 2.86. The highest BCUT2D eigenvalue weighted by atomic mass is 35.5. The van der Waals surface area contributed by atoms with Gasteiger partial charge in [-0.2, -0.15) is 5.01 Å². The van der Waals surface area contributed by atoms with Gasteiger partial charge >= 0.3 is 0 Å². The minimum absolute atomic E-state index is 0.0338. The van der Waals surface area contributed by atoms with Gasteiger partial charge in [-0.1, -0.05) is 23.7 Å². The number of hydrogen-bond acceptors (Lipinski definition) is 5. The molecule has 1 aliphatic heterocycles. The number of hydrazine groups is 1. The molecular formula is C19H18ClN3O5S. The number of aryl methyl sites for hydroxylation is 2. The highest BCUT2D eigenvalue weighted by Gasteiger charge is 2.37. The van der Waals surface area contributed by atoms with Gasteiger partial charge in [0.15, 0.2) is 0 Å². The van der Waals surface area contributed by atoms with Crippen LogP contribution >= 0.6 is 11.6 Å². The zero-order valence-electron chi connectivity index (χ0n) is 15.7. The number of fused-ring (bicyclic) bond motifs is 1. The molecule has 2 aromatic carbocycles. The Morgan fingerprint density at radius 2 is 1.66 bits per heavy atom. The number of nitrogens with one attached hydrogen (secondary N) is 2. The summed E-state index contributed by atoms with van der Waals surface area (Å²) in [6.07, 6.45) is 1.44. The van der Waals surface area contributed by atoms with Gasteiger partial charge in [0.1, 0.15) is 0 Å². The number of anilines is 1. The molecule has 1 aliphatic rings. The number of carbonyl (C=O) groups excluding carboxylic acids is 3. The number of carbonyl (C=O) groups is 3. The van der Waals surface area contributed by atoms with Gasteiger partial charge in [-0.05, 0) is 48.7 Å². The molecule has 0 bridgehead atoms. The summed E-state index contributed by atoms with van der Waals surface area (Å²) < 4.78 is 24.8. The molecule has 3 amide bonds. The Kier molecular flexibility index (Phi) is 5.63. The van der Waals surface area contributed by atoms with Crippen LogP contribution in [0.4, 0.5) is 5.69 Å². The smallest absolute Gasteiger partial charge is 0.280 e. The summed E-state index contributed by atoms with van der Waals surface area (Å²) in [6, 6.07) is 9.50. The van der Waals surface area contributed by atoms with Crippen molar-refractivity contribution in [1.29, 1.82) is 0 Å². The third-order valence-electron chi connectivity index (χ3n) is 4.30. The number of halogens is 1. The molecular weight excluding hydrogens is 418 g/mol. The third-order valence-corrected chi connectivity index (χ3v) is 5.31. The number of amides is 3. The normalized spacial score (nSPS) is 13.4. The lowest BCUT2D eigenvalue weighted by Crippen LogP contribution is -2.45. The van der Waals surface area contributed by atoms with Gasteiger partial charge in [-0.25, -0.2) is 8.42 Å². The average molecular weight is 436 g/mol. The highest BCUT2D eigenvalue weighted by Crippen LogP contribution is 2.27. The van der Waals surface area contributed by atoms with Crippen LogP contribution < -0.4 is 10.1 Å². The second kappa shape index (κ2) is 7.84. The van der Waals surface area contributed by atoms with Crippen LogP contribution in [-0.2, 0) is 21.2 Å². The van der Waals surface area contributed by atoms with Crippen LogP contribution in [0.5, 0.6) is 0 Å². The zero-order chi connectivity index (χ0) is 21.3. The van der Waals surface area contributed by atoms with Crippen LogP contribution in [0.3, 0.4) is 0 Å². The van der Waals surface area contributed by atoms with Gasteiger partial charge in [-0.15, -0.1) is 0 Å². The van der Waals surface area contributed by atoms with Crippen molar-refractivity contribution in [1.82, 2.24) is 10.4 Å². The van der Waals surface area contributed by atoms with E-state index < -0.39 is 27.7 Å². The summed E-state index contributed by atoms with van der Waals surface area (Å²) in [5, 5.41) is 1.06. The van der Waals surface area contributed by atoms with Crippen LogP contribution in [-0.4, -0.2) is 37.4 Å². The fourth-order valence-corrected chi connectivity index (χ4v) is 3.59. The Balaban J connectivity index is 1.60. The van der Waals surface area contributed by atoms with Crippen LogP contribution in [0.2, 0.25) is 5.02 Å². The first-order valence-electron chi connectivity index (χ1n) is 8.60. The first-order valence-corrected chi connectivity index (χ1v) is 10.9. The summed E-state index contributed by atoms with van der Waals surface area (Å²) in [6.45, 7) is 1.72. The van der Waals surface area contributed by atoms with Crippen LogP contribution in [0.25, 0.3) is 0 Å². The van der Waals surface area contributed by atoms with Crippen molar-refractivity contribution < 1.29 is 22.8 Å². The van der Waals surface area contributed by atoms with E-state index in [2.05, 4.69) is 10.1 Å². The van der Waals surface area contributed by atoms with Crippen LogP contribution in [0.15, 0.2) is 36.4 Å². The number of nitrogens with zero attached hydrogens (tertiary/aromatic N) is 1. The lowest BCUT2D eigenvalue weighted by Gasteiger charge is -2.15. The Morgan fingerprint density at radius 3 is 2.24 bits per heavy atom. The van der Waals surface area contributed by atoms with Crippen LogP contribution in [0, 0.1) is 6.92 Å². The number of imide groups is 1. The van der Waals surface area contributed by atoms with Crippen molar-refractivity contribution in [2.24, 2.45) is 0 Å². The molecule has 0 spiro atoms. The number of sulfonamides is 1. The SMILES string of the molecule is Cc1cc2c(cc1Cl)C(=O)N(NC(=O)CCc1ccc(NS(C)(=O)=O)cc1)C2=O. The molecule has 0 fully saturated rings. The number of benzene rings is 2. The molecule has 0 atom stereocenters. The largest absolute Gasteiger partial charge is 0.284 e. The maximum absolute atomic E-state index is 12.4. The third kappa shape index (κ3) is 4.75. The molecule has 8 nitrogen and oxygen atoms in total. The second-order valence-corrected chi connectivity index (χ2v) is 8.85. The molecule has 0 aromatic heterocycles. The Bertz CT molecular complexity index is 1070. The van der Waals surface area contributed by atoms with Gasteiger partial charge < -0.3 is 0 Å². The standard InChI is InChI=1S/C19H18ClN3O5S/c1-11-9-14-15(10-16(11)20)19(26)23(18(14)25)21-17(24)8-5-12-3-6-13(7-4-12)22-29(2,27)28/h3-4,6-7,9-10,22H,5,8H2,1-2H3,(H,21,24). The molecule has 0 aliphatic carbocycles. The second-order valence-electron chi connectivity index (χ2n) is 6.70. The molecule has 0 saturated heterocycles. The van der Waals surface area contributed by atoms with E-state index in [0.717, 1.165) is 11.8 Å². The zero-order valence-corrected chi connectivity index (χ0v) is 17.2. The minimum Gasteiger partial charge on any atom is -0.284 e. The Morgan fingerprint density at radius 1 is 1.07 bits per heavy atom. The highest BCUT2D eigenvalue weighted by molar-refractivity contribution is 7.92. The van der Waals surface area contributed by atoms with Crippen LogP contribution in [0.1, 0.15) is 38.3 Å². The molecule has 10 heteroatoms. The van der Waals surface area contributed by atoms with Gasteiger partial charge in [0.2, 0.25) is 15.9 Å². The minimum atomic E-state index is -3.36. The van der Waals surface area contributed by atoms with E-state index in [0.29, 0.717) is 27.7 Å². The molecule has 3 rings (SSSR count). The quantitative estimate of drug-likeness (QED) is 0.676.